The van der Waals surface area contributed by atoms with Crippen molar-refractivity contribution in [1.82, 2.24) is 10.1 Å². The summed E-state index contributed by atoms with van der Waals surface area (Å²) in [6.45, 7) is 4.39. The first-order chi connectivity index (χ1) is 8.65. The molecule has 0 unspecified atom stereocenters. The summed E-state index contributed by atoms with van der Waals surface area (Å²) >= 11 is 1.82. The molecular weight excluding hydrogens is 246 g/mol. The molecule has 2 aromatic rings. The third-order valence-corrected chi connectivity index (χ3v) is 3.65. The van der Waals surface area contributed by atoms with Crippen LogP contribution in [-0.4, -0.2) is 15.9 Å². The molecule has 0 saturated heterocycles. The third-order valence-electron chi connectivity index (χ3n) is 2.28. The normalized spacial score (nSPS) is 11.1. The minimum absolute atomic E-state index is 0.530. The molecule has 1 heterocycles. The number of hydrogen-bond donors (Lipinski definition) is 1. The SMILES string of the molecule is CC(C)CSCc1noc(-c2cccc(N)c2)n1. The van der Waals surface area contributed by atoms with Crippen molar-refractivity contribution in [3.63, 3.8) is 0 Å². The lowest BCUT2D eigenvalue weighted by Crippen LogP contribution is -1.92. The van der Waals surface area contributed by atoms with Gasteiger partial charge in [0.05, 0.1) is 5.75 Å². The molecule has 2 rings (SSSR count). The van der Waals surface area contributed by atoms with Crippen molar-refractivity contribution in [1.29, 1.82) is 0 Å². The zero-order chi connectivity index (χ0) is 13.0. The second kappa shape index (κ2) is 5.91. The van der Waals surface area contributed by atoms with Gasteiger partial charge in [-0.05, 0) is 29.9 Å². The molecule has 0 spiro atoms. The van der Waals surface area contributed by atoms with Crippen LogP contribution in [0.3, 0.4) is 0 Å². The lowest BCUT2D eigenvalue weighted by Gasteiger charge is -2.00. The Morgan fingerprint density at radius 1 is 1.39 bits per heavy atom. The average Bonchev–Trinajstić information content (AvgIpc) is 2.77. The van der Waals surface area contributed by atoms with Crippen molar-refractivity contribution in [2.75, 3.05) is 11.5 Å². The molecule has 1 aromatic heterocycles. The lowest BCUT2D eigenvalue weighted by molar-refractivity contribution is 0.425. The summed E-state index contributed by atoms with van der Waals surface area (Å²) in [6.07, 6.45) is 0. The van der Waals surface area contributed by atoms with Crippen LogP contribution in [0.15, 0.2) is 28.8 Å². The Morgan fingerprint density at radius 3 is 2.94 bits per heavy atom. The Bertz CT molecular complexity index is 510. The standard InChI is InChI=1S/C13H17N3OS/c1-9(2)7-18-8-12-15-13(17-16-12)10-4-3-5-11(14)6-10/h3-6,9H,7-8,14H2,1-2H3. The zero-order valence-electron chi connectivity index (χ0n) is 10.6. The molecule has 4 nitrogen and oxygen atoms in total. The Labute approximate surface area is 111 Å². The van der Waals surface area contributed by atoms with Gasteiger partial charge in [0.15, 0.2) is 5.82 Å². The number of nitrogen functional groups attached to an aromatic ring is 1. The maximum atomic E-state index is 5.72. The van der Waals surface area contributed by atoms with Crippen LogP contribution in [-0.2, 0) is 5.75 Å². The van der Waals surface area contributed by atoms with E-state index < -0.39 is 0 Å². The maximum Gasteiger partial charge on any atom is 0.258 e. The molecule has 2 N–H and O–H groups in total. The van der Waals surface area contributed by atoms with E-state index in [9.17, 15) is 0 Å². The number of anilines is 1. The van der Waals surface area contributed by atoms with Crippen molar-refractivity contribution in [2.24, 2.45) is 5.92 Å². The molecule has 0 aliphatic carbocycles. The summed E-state index contributed by atoms with van der Waals surface area (Å²) < 4.78 is 5.23. The first-order valence-electron chi connectivity index (χ1n) is 5.91. The second-order valence-corrected chi connectivity index (χ2v) is 5.58. The van der Waals surface area contributed by atoms with E-state index in [2.05, 4.69) is 24.0 Å². The number of benzene rings is 1. The van der Waals surface area contributed by atoms with Gasteiger partial charge in [0.1, 0.15) is 0 Å². The molecule has 0 saturated carbocycles. The van der Waals surface area contributed by atoms with Crippen LogP contribution in [0.4, 0.5) is 5.69 Å². The largest absolute Gasteiger partial charge is 0.399 e. The summed E-state index contributed by atoms with van der Waals surface area (Å²) in [5.41, 5.74) is 7.28. The molecule has 18 heavy (non-hydrogen) atoms. The predicted molar refractivity (Wildman–Crippen MR) is 75.1 cm³/mol. The topological polar surface area (TPSA) is 64.9 Å². The first-order valence-corrected chi connectivity index (χ1v) is 7.07. The van der Waals surface area contributed by atoms with E-state index >= 15 is 0 Å². The number of nitrogens with two attached hydrogens (primary N) is 1. The van der Waals surface area contributed by atoms with E-state index in [0.717, 1.165) is 22.9 Å². The Morgan fingerprint density at radius 2 is 2.22 bits per heavy atom. The van der Waals surface area contributed by atoms with Gasteiger partial charge in [0.25, 0.3) is 5.89 Å². The fraction of sp³-hybridized carbons (Fsp3) is 0.385. The van der Waals surface area contributed by atoms with E-state index in [4.69, 9.17) is 10.3 Å². The maximum absolute atomic E-state index is 5.72. The van der Waals surface area contributed by atoms with Crippen molar-refractivity contribution >= 4 is 17.4 Å². The fourth-order valence-corrected chi connectivity index (χ4v) is 2.38. The highest BCUT2D eigenvalue weighted by Gasteiger charge is 2.09. The monoisotopic (exact) mass is 263 g/mol. The summed E-state index contributed by atoms with van der Waals surface area (Å²) in [5.74, 6) is 3.82. The molecular formula is C13H17N3OS. The van der Waals surface area contributed by atoms with Crippen LogP contribution in [0.5, 0.6) is 0 Å². The molecule has 0 aliphatic heterocycles. The predicted octanol–water partition coefficient (Wildman–Crippen LogP) is 3.21. The van der Waals surface area contributed by atoms with Crippen LogP contribution < -0.4 is 5.73 Å². The molecule has 96 valence electrons. The Hall–Kier alpha value is -1.49. The van der Waals surface area contributed by atoms with E-state index in [1.807, 2.05) is 36.0 Å². The van der Waals surface area contributed by atoms with Gasteiger partial charge >= 0.3 is 0 Å². The quantitative estimate of drug-likeness (QED) is 0.839. The molecule has 0 amide bonds. The van der Waals surface area contributed by atoms with Crippen LogP contribution in [0.1, 0.15) is 19.7 Å². The van der Waals surface area contributed by atoms with Gasteiger partial charge in [-0.15, -0.1) is 0 Å². The highest BCUT2D eigenvalue weighted by atomic mass is 32.2. The van der Waals surface area contributed by atoms with Gasteiger partial charge in [-0.2, -0.15) is 16.7 Å². The summed E-state index contributed by atoms with van der Waals surface area (Å²) in [7, 11) is 0. The fourth-order valence-electron chi connectivity index (χ4n) is 1.49. The van der Waals surface area contributed by atoms with Gasteiger partial charge in [0.2, 0.25) is 0 Å². The van der Waals surface area contributed by atoms with Gasteiger partial charge in [0, 0.05) is 11.3 Å². The van der Waals surface area contributed by atoms with Crippen molar-refractivity contribution in [2.45, 2.75) is 19.6 Å². The Kier molecular flexibility index (Phi) is 4.25. The van der Waals surface area contributed by atoms with E-state index in [-0.39, 0.29) is 0 Å². The minimum Gasteiger partial charge on any atom is -0.399 e. The minimum atomic E-state index is 0.530. The van der Waals surface area contributed by atoms with Crippen LogP contribution in [0, 0.1) is 5.92 Å². The van der Waals surface area contributed by atoms with Gasteiger partial charge in [-0.3, -0.25) is 0 Å². The number of thioether (sulfide) groups is 1. The van der Waals surface area contributed by atoms with Crippen molar-refractivity contribution < 1.29 is 4.52 Å². The number of rotatable bonds is 5. The second-order valence-electron chi connectivity index (χ2n) is 4.55. The van der Waals surface area contributed by atoms with Crippen LogP contribution in [0.25, 0.3) is 11.5 Å². The average molecular weight is 263 g/mol. The van der Waals surface area contributed by atoms with Gasteiger partial charge in [-0.1, -0.05) is 25.1 Å². The molecule has 0 radical (unpaired) electrons. The lowest BCUT2D eigenvalue weighted by atomic mass is 10.2. The highest BCUT2D eigenvalue weighted by Crippen LogP contribution is 2.21. The molecule has 5 heteroatoms. The van der Waals surface area contributed by atoms with Gasteiger partial charge in [-0.25, -0.2) is 0 Å². The van der Waals surface area contributed by atoms with Crippen molar-refractivity contribution in [3.8, 4) is 11.5 Å². The Balaban J connectivity index is 2.02. The third kappa shape index (κ3) is 3.50. The number of hydrogen-bond acceptors (Lipinski definition) is 5. The van der Waals surface area contributed by atoms with Crippen molar-refractivity contribution in [3.05, 3.63) is 30.1 Å². The molecule has 0 aliphatic rings. The zero-order valence-corrected chi connectivity index (χ0v) is 11.4. The summed E-state index contributed by atoms with van der Waals surface area (Å²) in [4.78, 5) is 4.36. The van der Waals surface area contributed by atoms with Gasteiger partial charge < -0.3 is 10.3 Å². The summed E-state index contributed by atoms with van der Waals surface area (Å²) in [6, 6.07) is 7.45. The molecule has 0 fully saturated rings. The van der Waals surface area contributed by atoms with E-state index in [0.29, 0.717) is 17.5 Å². The summed E-state index contributed by atoms with van der Waals surface area (Å²) in [5, 5.41) is 3.97. The number of nitrogens with zero attached hydrogens (tertiary/aromatic N) is 2. The highest BCUT2D eigenvalue weighted by molar-refractivity contribution is 7.98. The van der Waals surface area contributed by atoms with Crippen LogP contribution >= 0.6 is 11.8 Å². The molecule has 0 bridgehead atoms. The van der Waals surface area contributed by atoms with E-state index in [1.54, 1.807) is 0 Å². The van der Waals surface area contributed by atoms with E-state index in [1.165, 1.54) is 0 Å². The molecule has 1 aromatic carbocycles. The van der Waals surface area contributed by atoms with Crippen LogP contribution in [0.2, 0.25) is 0 Å². The first kappa shape index (κ1) is 13.0. The molecule has 0 atom stereocenters. The smallest absolute Gasteiger partial charge is 0.258 e. The number of aromatic nitrogens is 2.